The van der Waals surface area contributed by atoms with Gasteiger partial charge in [-0.2, -0.15) is 0 Å². The first kappa shape index (κ1) is 10.7. The van der Waals surface area contributed by atoms with E-state index in [1.165, 1.54) is 19.1 Å². The molecule has 3 heteroatoms. The molecule has 0 N–H and O–H groups in total. The van der Waals surface area contributed by atoms with E-state index < -0.39 is 0 Å². The number of halogens is 1. The highest BCUT2D eigenvalue weighted by molar-refractivity contribution is 5.98. The summed E-state index contributed by atoms with van der Waals surface area (Å²) in [5.41, 5.74) is 1.08. The van der Waals surface area contributed by atoms with Crippen molar-refractivity contribution in [1.29, 1.82) is 0 Å². The number of Topliss-reactive ketones (excluding diaryl/α,β-unsaturated/α-hetero) is 1. The van der Waals surface area contributed by atoms with Crippen LogP contribution in [0.2, 0.25) is 0 Å². The van der Waals surface area contributed by atoms with E-state index in [0.717, 1.165) is 0 Å². The Morgan fingerprint density at radius 3 is 2.64 bits per heavy atom. The maximum Gasteiger partial charge on any atom is 0.163 e. The Hall–Kier alpha value is -1.38. The second kappa shape index (κ2) is 4.22. The fraction of sp³-hybridized carbons (Fsp3) is 0.364. The van der Waals surface area contributed by atoms with Crippen LogP contribution < -0.4 is 4.74 Å². The molecule has 0 aliphatic carbocycles. The van der Waals surface area contributed by atoms with Crippen molar-refractivity contribution in [3.05, 3.63) is 29.1 Å². The number of ketones is 1. The third-order valence-corrected chi connectivity index (χ3v) is 1.92. The zero-order chi connectivity index (χ0) is 10.7. The molecule has 0 aromatic heterocycles. The molecule has 0 bridgehead atoms. The smallest absolute Gasteiger partial charge is 0.163 e. The van der Waals surface area contributed by atoms with E-state index >= 15 is 0 Å². The van der Waals surface area contributed by atoms with E-state index in [-0.39, 0.29) is 11.6 Å². The van der Waals surface area contributed by atoms with E-state index in [1.54, 1.807) is 13.8 Å². The van der Waals surface area contributed by atoms with Gasteiger partial charge in [-0.05, 0) is 32.4 Å². The van der Waals surface area contributed by atoms with Gasteiger partial charge in [0.1, 0.15) is 11.6 Å². The van der Waals surface area contributed by atoms with Crippen molar-refractivity contribution < 1.29 is 13.9 Å². The summed E-state index contributed by atoms with van der Waals surface area (Å²) in [7, 11) is 0. The Labute approximate surface area is 82.7 Å². The number of rotatable bonds is 3. The zero-order valence-corrected chi connectivity index (χ0v) is 8.56. The lowest BCUT2D eigenvalue weighted by Crippen LogP contribution is -2.03. The Morgan fingerprint density at radius 1 is 1.50 bits per heavy atom. The molecule has 0 spiro atoms. The molecule has 0 heterocycles. The van der Waals surface area contributed by atoms with Gasteiger partial charge in [-0.25, -0.2) is 4.39 Å². The van der Waals surface area contributed by atoms with Crippen molar-refractivity contribution in [2.24, 2.45) is 0 Å². The van der Waals surface area contributed by atoms with Gasteiger partial charge >= 0.3 is 0 Å². The average Bonchev–Trinajstić information content (AvgIpc) is 2.01. The Kier molecular flexibility index (Phi) is 3.23. The molecular weight excluding hydrogens is 183 g/mol. The third kappa shape index (κ3) is 2.10. The molecule has 1 aromatic carbocycles. The van der Waals surface area contributed by atoms with Crippen LogP contribution in [-0.4, -0.2) is 12.4 Å². The largest absolute Gasteiger partial charge is 0.493 e. The van der Waals surface area contributed by atoms with Gasteiger partial charge in [0.05, 0.1) is 12.2 Å². The number of hydrogen-bond acceptors (Lipinski definition) is 2. The zero-order valence-electron chi connectivity index (χ0n) is 8.56. The fourth-order valence-electron chi connectivity index (χ4n) is 1.43. The van der Waals surface area contributed by atoms with Crippen molar-refractivity contribution in [2.75, 3.05) is 6.61 Å². The molecule has 0 atom stereocenters. The van der Waals surface area contributed by atoms with Gasteiger partial charge in [-0.1, -0.05) is 0 Å². The number of benzene rings is 1. The number of aryl methyl sites for hydroxylation is 1. The normalized spacial score (nSPS) is 10.0. The minimum atomic E-state index is -0.379. The SMILES string of the molecule is CCOc1cc(F)cc(C)c1C(C)=O. The van der Waals surface area contributed by atoms with Crippen LogP contribution in [0.3, 0.4) is 0 Å². The number of carbonyl (C=O) groups is 1. The molecule has 1 rings (SSSR count). The van der Waals surface area contributed by atoms with Gasteiger partial charge in [0.15, 0.2) is 5.78 Å². The Balaban J connectivity index is 3.28. The average molecular weight is 196 g/mol. The maximum atomic E-state index is 13.0. The lowest BCUT2D eigenvalue weighted by atomic mass is 10.0. The number of hydrogen-bond donors (Lipinski definition) is 0. The van der Waals surface area contributed by atoms with Gasteiger partial charge in [0.25, 0.3) is 0 Å². The lowest BCUT2D eigenvalue weighted by Gasteiger charge is -2.10. The van der Waals surface area contributed by atoms with Crippen LogP contribution in [0.15, 0.2) is 12.1 Å². The summed E-state index contributed by atoms with van der Waals surface area (Å²) < 4.78 is 18.2. The lowest BCUT2D eigenvalue weighted by molar-refractivity contribution is 0.101. The molecule has 0 amide bonds. The summed E-state index contributed by atoms with van der Waals surface area (Å²) >= 11 is 0. The van der Waals surface area contributed by atoms with Gasteiger partial charge in [-0.3, -0.25) is 4.79 Å². The summed E-state index contributed by atoms with van der Waals surface area (Å²) in [5.74, 6) is -0.153. The summed E-state index contributed by atoms with van der Waals surface area (Å²) in [5, 5.41) is 0. The predicted molar refractivity (Wildman–Crippen MR) is 52.3 cm³/mol. The van der Waals surface area contributed by atoms with Crippen molar-refractivity contribution in [2.45, 2.75) is 20.8 Å². The van der Waals surface area contributed by atoms with Gasteiger partial charge < -0.3 is 4.74 Å². The first-order valence-electron chi connectivity index (χ1n) is 4.50. The molecule has 0 saturated heterocycles. The van der Waals surface area contributed by atoms with Crippen LogP contribution in [0, 0.1) is 12.7 Å². The molecule has 2 nitrogen and oxygen atoms in total. The monoisotopic (exact) mass is 196 g/mol. The topological polar surface area (TPSA) is 26.3 Å². The highest BCUT2D eigenvalue weighted by Gasteiger charge is 2.13. The van der Waals surface area contributed by atoms with Crippen LogP contribution in [0.25, 0.3) is 0 Å². The van der Waals surface area contributed by atoms with Gasteiger partial charge in [0.2, 0.25) is 0 Å². The van der Waals surface area contributed by atoms with Crippen LogP contribution in [0.5, 0.6) is 5.75 Å². The molecular formula is C11H13FO2. The van der Waals surface area contributed by atoms with E-state index in [4.69, 9.17) is 4.74 Å². The molecule has 14 heavy (non-hydrogen) atoms. The van der Waals surface area contributed by atoms with E-state index in [0.29, 0.717) is 23.5 Å². The molecule has 0 fully saturated rings. The van der Waals surface area contributed by atoms with Crippen molar-refractivity contribution >= 4 is 5.78 Å². The molecule has 76 valence electrons. The number of carbonyl (C=O) groups excluding carboxylic acids is 1. The van der Waals surface area contributed by atoms with Crippen LogP contribution >= 0.6 is 0 Å². The maximum absolute atomic E-state index is 13.0. The number of ether oxygens (including phenoxy) is 1. The van der Waals surface area contributed by atoms with Crippen molar-refractivity contribution in [3.8, 4) is 5.75 Å². The second-order valence-corrected chi connectivity index (χ2v) is 3.09. The van der Waals surface area contributed by atoms with Crippen LogP contribution in [0.1, 0.15) is 29.8 Å². The minimum Gasteiger partial charge on any atom is -0.493 e. The molecule has 0 radical (unpaired) electrons. The third-order valence-electron chi connectivity index (χ3n) is 1.92. The van der Waals surface area contributed by atoms with Crippen molar-refractivity contribution in [3.63, 3.8) is 0 Å². The summed E-state index contributed by atoms with van der Waals surface area (Å²) in [4.78, 5) is 11.3. The Morgan fingerprint density at radius 2 is 2.14 bits per heavy atom. The van der Waals surface area contributed by atoms with Crippen molar-refractivity contribution in [1.82, 2.24) is 0 Å². The summed E-state index contributed by atoms with van der Waals surface area (Å²) in [6, 6.07) is 2.58. The first-order valence-corrected chi connectivity index (χ1v) is 4.50. The first-order chi connectivity index (χ1) is 6.56. The minimum absolute atomic E-state index is 0.106. The molecule has 0 saturated carbocycles. The highest BCUT2D eigenvalue weighted by atomic mass is 19.1. The molecule has 0 aliphatic rings. The molecule has 0 unspecified atom stereocenters. The summed E-state index contributed by atoms with van der Waals surface area (Å²) in [6.07, 6.45) is 0. The predicted octanol–water partition coefficient (Wildman–Crippen LogP) is 2.74. The quantitative estimate of drug-likeness (QED) is 0.695. The van der Waals surface area contributed by atoms with E-state index in [2.05, 4.69) is 0 Å². The van der Waals surface area contributed by atoms with Gasteiger partial charge in [0, 0.05) is 6.07 Å². The summed E-state index contributed by atoms with van der Waals surface area (Å²) in [6.45, 7) is 5.36. The van der Waals surface area contributed by atoms with Crippen LogP contribution in [-0.2, 0) is 0 Å². The van der Waals surface area contributed by atoms with E-state index in [9.17, 15) is 9.18 Å². The van der Waals surface area contributed by atoms with Crippen LogP contribution in [0.4, 0.5) is 4.39 Å². The molecule has 1 aromatic rings. The highest BCUT2D eigenvalue weighted by Crippen LogP contribution is 2.24. The second-order valence-electron chi connectivity index (χ2n) is 3.09. The van der Waals surface area contributed by atoms with E-state index in [1.807, 2.05) is 0 Å². The van der Waals surface area contributed by atoms with Gasteiger partial charge in [-0.15, -0.1) is 0 Å². The fourth-order valence-corrected chi connectivity index (χ4v) is 1.43. The molecule has 0 aliphatic heterocycles. The Bertz CT molecular complexity index is 359. The standard InChI is InChI=1S/C11H13FO2/c1-4-14-10-6-9(12)5-7(2)11(10)8(3)13/h5-6H,4H2,1-3H3.